The zero-order chi connectivity index (χ0) is 14.3. The van der Waals surface area contributed by atoms with Crippen molar-refractivity contribution in [2.24, 2.45) is 5.16 Å². The van der Waals surface area contributed by atoms with Gasteiger partial charge in [-0.15, -0.1) is 11.3 Å². The predicted octanol–water partition coefficient (Wildman–Crippen LogP) is 2.19. The third kappa shape index (κ3) is 6.51. The number of thiazole rings is 1. The van der Waals surface area contributed by atoms with Crippen LogP contribution in [0, 0.1) is 0 Å². The minimum Gasteiger partial charge on any atom is -0.444 e. The van der Waals surface area contributed by atoms with Gasteiger partial charge in [0.05, 0.1) is 5.69 Å². The second-order valence-electron chi connectivity index (χ2n) is 4.43. The standard InChI is InChI=1S/C11H15N3O4S/c1-11(2,3)18-10(16)14-9-13-8(7-19-9)6-17-12-4-5-15/h4-5,7H,6H2,1-3H3,(H,13,14,16)/b12-4-. The van der Waals surface area contributed by atoms with Crippen LogP contribution in [0.15, 0.2) is 10.5 Å². The number of hydrogen-bond acceptors (Lipinski definition) is 7. The van der Waals surface area contributed by atoms with Crippen LogP contribution in [0.5, 0.6) is 0 Å². The van der Waals surface area contributed by atoms with Gasteiger partial charge in [0, 0.05) is 5.38 Å². The number of anilines is 1. The summed E-state index contributed by atoms with van der Waals surface area (Å²) in [6.45, 7) is 5.45. The molecule has 0 aliphatic carbocycles. The highest BCUT2D eigenvalue weighted by molar-refractivity contribution is 7.13. The summed E-state index contributed by atoms with van der Waals surface area (Å²) >= 11 is 1.24. The van der Waals surface area contributed by atoms with E-state index in [2.05, 4.69) is 15.5 Å². The van der Waals surface area contributed by atoms with Crippen LogP contribution in [0.2, 0.25) is 0 Å². The Balaban J connectivity index is 2.44. The van der Waals surface area contributed by atoms with Crippen molar-refractivity contribution in [3.8, 4) is 0 Å². The first-order valence-electron chi connectivity index (χ1n) is 5.44. The lowest BCUT2D eigenvalue weighted by Gasteiger charge is -2.18. The number of oxime groups is 1. The summed E-state index contributed by atoms with van der Waals surface area (Å²) in [4.78, 5) is 30.3. The van der Waals surface area contributed by atoms with Gasteiger partial charge < -0.3 is 9.57 Å². The van der Waals surface area contributed by atoms with Crippen molar-refractivity contribution >= 4 is 35.1 Å². The van der Waals surface area contributed by atoms with Crippen LogP contribution in [0.3, 0.4) is 0 Å². The van der Waals surface area contributed by atoms with Crippen molar-refractivity contribution in [1.82, 2.24) is 4.98 Å². The molecule has 1 N–H and O–H groups in total. The molecule has 7 nitrogen and oxygen atoms in total. The molecule has 8 heteroatoms. The Morgan fingerprint density at radius 3 is 2.95 bits per heavy atom. The van der Waals surface area contributed by atoms with E-state index in [0.29, 0.717) is 17.1 Å². The molecule has 104 valence electrons. The molecule has 0 radical (unpaired) electrons. The largest absolute Gasteiger partial charge is 0.444 e. The molecular weight excluding hydrogens is 270 g/mol. The van der Waals surface area contributed by atoms with Gasteiger partial charge in [0.2, 0.25) is 0 Å². The molecule has 0 bridgehead atoms. The van der Waals surface area contributed by atoms with E-state index >= 15 is 0 Å². The summed E-state index contributed by atoms with van der Waals surface area (Å²) in [5, 5.41) is 8.00. The number of nitrogens with zero attached hydrogens (tertiary/aromatic N) is 2. The maximum absolute atomic E-state index is 11.5. The summed E-state index contributed by atoms with van der Waals surface area (Å²) < 4.78 is 5.09. The number of rotatable bonds is 5. The molecular formula is C11H15N3O4S. The third-order valence-corrected chi connectivity index (χ3v) is 2.37. The van der Waals surface area contributed by atoms with Gasteiger partial charge in [-0.3, -0.25) is 10.1 Å². The van der Waals surface area contributed by atoms with Crippen LogP contribution in [0.25, 0.3) is 0 Å². The van der Waals surface area contributed by atoms with Crippen LogP contribution >= 0.6 is 11.3 Å². The zero-order valence-electron chi connectivity index (χ0n) is 10.9. The van der Waals surface area contributed by atoms with Gasteiger partial charge in [-0.1, -0.05) is 5.16 Å². The Labute approximate surface area is 114 Å². The smallest absolute Gasteiger partial charge is 0.413 e. The minimum absolute atomic E-state index is 0.122. The van der Waals surface area contributed by atoms with Crippen molar-refractivity contribution in [3.63, 3.8) is 0 Å². The molecule has 1 heterocycles. The van der Waals surface area contributed by atoms with Crippen molar-refractivity contribution in [3.05, 3.63) is 11.1 Å². The zero-order valence-corrected chi connectivity index (χ0v) is 11.7. The van der Waals surface area contributed by atoms with Gasteiger partial charge in [-0.05, 0) is 20.8 Å². The van der Waals surface area contributed by atoms with E-state index in [4.69, 9.17) is 9.57 Å². The van der Waals surface area contributed by atoms with E-state index < -0.39 is 11.7 Å². The van der Waals surface area contributed by atoms with Crippen LogP contribution in [-0.4, -0.2) is 29.2 Å². The number of nitrogens with one attached hydrogen (secondary N) is 1. The maximum atomic E-state index is 11.5. The summed E-state index contributed by atoms with van der Waals surface area (Å²) in [5.74, 6) is 0. The Morgan fingerprint density at radius 1 is 1.58 bits per heavy atom. The lowest BCUT2D eigenvalue weighted by atomic mass is 10.2. The molecule has 1 aromatic heterocycles. The molecule has 0 saturated carbocycles. The summed E-state index contributed by atoms with van der Waals surface area (Å²) in [6, 6.07) is 0. The number of hydrogen-bond donors (Lipinski definition) is 1. The molecule has 0 saturated heterocycles. The van der Waals surface area contributed by atoms with Gasteiger partial charge >= 0.3 is 6.09 Å². The molecule has 0 atom stereocenters. The van der Waals surface area contributed by atoms with Gasteiger partial charge in [0.15, 0.2) is 18.0 Å². The molecule has 0 aliphatic rings. The molecule has 19 heavy (non-hydrogen) atoms. The second kappa shape index (κ2) is 6.83. The van der Waals surface area contributed by atoms with Gasteiger partial charge in [0.1, 0.15) is 11.8 Å². The predicted molar refractivity (Wildman–Crippen MR) is 71.3 cm³/mol. The minimum atomic E-state index is -0.562. The van der Waals surface area contributed by atoms with Crippen LogP contribution in [-0.2, 0) is 21.0 Å². The number of aromatic nitrogens is 1. The normalized spacial score (nSPS) is 11.3. The fraction of sp³-hybridized carbons (Fsp3) is 0.455. The highest BCUT2D eigenvalue weighted by Gasteiger charge is 2.17. The van der Waals surface area contributed by atoms with Crippen molar-refractivity contribution in [2.75, 3.05) is 5.32 Å². The quantitative estimate of drug-likeness (QED) is 0.509. The number of carbonyl (C=O) groups is 2. The summed E-state index contributed by atoms with van der Waals surface area (Å²) in [6.07, 6.45) is 0.941. The van der Waals surface area contributed by atoms with E-state index in [0.717, 1.165) is 6.21 Å². The van der Waals surface area contributed by atoms with Crippen molar-refractivity contribution in [2.45, 2.75) is 33.0 Å². The average molecular weight is 285 g/mol. The number of aldehydes is 1. The van der Waals surface area contributed by atoms with Crippen molar-refractivity contribution < 1.29 is 19.2 Å². The van der Waals surface area contributed by atoms with Crippen LogP contribution in [0.4, 0.5) is 9.93 Å². The monoisotopic (exact) mass is 285 g/mol. The molecule has 0 spiro atoms. The van der Waals surface area contributed by atoms with Gasteiger partial charge in [-0.25, -0.2) is 9.78 Å². The highest BCUT2D eigenvalue weighted by Crippen LogP contribution is 2.17. The Bertz CT molecular complexity index is 465. The first-order chi connectivity index (χ1) is 8.90. The average Bonchev–Trinajstić information content (AvgIpc) is 2.69. The lowest BCUT2D eigenvalue weighted by Crippen LogP contribution is -2.27. The van der Waals surface area contributed by atoms with E-state index in [1.165, 1.54) is 11.3 Å². The second-order valence-corrected chi connectivity index (χ2v) is 5.29. The van der Waals surface area contributed by atoms with E-state index in [-0.39, 0.29) is 6.61 Å². The topological polar surface area (TPSA) is 89.9 Å². The van der Waals surface area contributed by atoms with E-state index in [9.17, 15) is 9.59 Å². The van der Waals surface area contributed by atoms with Gasteiger partial charge in [0.25, 0.3) is 0 Å². The molecule has 1 amide bonds. The first kappa shape index (κ1) is 15.1. The van der Waals surface area contributed by atoms with E-state index in [1.54, 1.807) is 26.2 Å². The SMILES string of the molecule is CC(C)(C)OC(=O)Nc1nc(CO/N=C\C=O)cs1. The molecule has 1 aromatic rings. The number of amides is 1. The maximum Gasteiger partial charge on any atom is 0.413 e. The van der Waals surface area contributed by atoms with Crippen LogP contribution in [0.1, 0.15) is 26.5 Å². The van der Waals surface area contributed by atoms with Crippen molar-refractivity contribution in [1.29, 1.82) is 0 Å². The first-order valence-corrected chi connectivity index (χ1v) is 6.32. The fourth-order valence-electron chi connectivity index (χ4n) is 0.993. The molecule has 0 unspecified atom stereocenters. The fourth-order valence-corrected chi connectivity index (χ4v) is 1.67. The number of ether oxygens (including phenoxy) is 1. The summed E-state index contributed by atoms with van der Waals surface area (Å²) in [7, 11) is 0. The number of carbonyl (C=O) groups excluding carboxylic acids is 2. The van der Waals surface area contributed by atoms with Crippen LogP contribution < -0.4 is 5.32 Å². The molecule has 0 aromatic carbocycles. The third-order valence-electron chi connectivity index (χ3n) is 1.57. The molecule has 0 fully saturated rings. The summed E-state index contributed by atoms with van der Waals surface area (Å²) in [5.41, 5.74) is 0.0377. The van der Waals surface area contributed by atoms with E-state index in [1.807, 2.05) is 0 Å². The Morgan fingerprint density at radius 2 is 2.32 bits per heavy atom. The lowest BCUT2D eigenvalue weighted by molar-refractivity contribution is -0.102. The molecule has 1 rings (SSSR count). The highest BCUT2D eigenvalue weighted by atomic mass is 32.1. The Kier molecular flexibility index (Phi) is 5.43. The van der Waals surface area contributed by atoms with Gasteiger partial charge in [-0.2, -0.15) is 0 Å². The Hall–Kier alpha value is -1.96. The molecule has 0 aliphatic heterocycles.